The number of nitrogens with zero attached hydrogens (tertiary/aromatic N) is 1. The summed E-state index contributed by atoms with van der Waals surface area (Å²) in [5.41, 5.74) is 5.62. The highest BCUT2D eigenvalue weighted by Crippen LogP contribution is 2.27. The van der Waals surface area contributed by atoms with Crippen LogP contribution in [0.15, 0.2) is 0 Å². The summed E-state index contributed by atoms with van der Waals surface area (Å²) in [7, 11) is -3.15. The maximum atomic E-state index is 12.4. The Morgan fingerprint density at radius 2 is 1.78 bits per heavy atom. The molecule has 0 unspecified atom stereocenters. The van der Waals surface area contributed by atoms with Gasteiger partial charge in [-0.15, -0.1) is 0 Å². The van der Waals surface area contributed by atoms with Gasteiger partial charge in [-0.2, -0.15) is 4.31 Å². The van der Waals surface area contributed by atoms with E-state index in [4.69, 9.17) is 5.73 Å². The van der Waals surface area contributed by atoms with E-state index in [9.17, 15) is 8.42 Å². The zero-order valence-electron chi connectivity index (χ0n) is 12.0. The summed E-state index contributed by atoms with van der Waals surface area (Å²) in [5.74, 6) is 0.243. The molecule has 0 saturated heterocycles. The van der Waals surface area contributed by atoms with Crippen molar-refractivity contribution in [1.29, 1.82) is 0 Å². The van der Waals surface area contributed by atoms with Crippen molar-refractivity contribution in [3.8, 4) is 0 Å². The second-order valence-electron chi connectivity index (χ2n) is 6.46. The van der Waals surface area contributed by atoms with Crippen LogP contribution in [0.5, 0.6) is 0 Å². The average Bonchev–Trinajstić information content (AvgIpc) is 2.75. The lowest BCUT2D eigenvalue weighted by molar-refractivity contribution is 0.322. The van der Waals surface area contributed by atoms with Crippen molar-refractivity contribution >= 4 is 10.0 Å². The Hall–Kier alpha value is -0.130. The van der Waals surface area contributed by atoms with Gasteiger partial charge in [0.05, 0.1) is 5.75 Å². The molecule has 0 atom stereocenters. The maximum absolute atomic E-state index is 12.4. The number of hydrogen-bond donors (Lipinski definition) is 1. The smallest absolute Gasteiger partial charge is 0.214 e. The normalized spacial score (nSPS) is 18.7. The van der Waals surface area contributed by atoms with Gasteiger partial charge < -0.3 is 5.73 Å². The van der Waals surface area contributed by atoms with Crippen LogP contribution in [0.4, 0.5) is 0 Å². The van der Waals surface area contributed by atoms with E-state index in [1.54, 1.807) is 4.31 Å². The number of nitrogens with two attached hydrogens (primary N) is 1. The number of rotatable bonds is 6. The minimum atomic E-state index is -3.15. The van der Waals surface area contributed by atoms with Crippen LogP contribution in [0.3, 0.4) is 0 Å². The molecule has 1 saturated carbocycles. The van der Waals surface area contributed by atoms with Crippen LogP contribution in [0.1, 0.15) is 52.9 Å². The number of hydrogen-bond acceptors (Lipinski definition) is 3. The molecule has 4 nitrogen and oxygen atoms in total. The molecule has 0 spiro atoms. The Kier molecular flexibility index (Phi) is 5.62. The average molecular weight is 276 g/mol. The Labute approximate surface area is 112 Å². The predicted octanol–water partition coefficient (Wildman–Crippen LogP) is 1.96. The Bertz CT molecular complexity index is 340. The highest BCUT2D eigenvalue weighted by molar-refractivity contribution is 7.89. The predicted molar refractivity (Wildman–Crippen MR) is 75.9 cm³/mol. The van der Waals surface area contributed by atoms with Crippen molar-refractivity contribution in [2.24, 2.45) is 11.1 Å². The molecular weight excluding hydrogens is 248 g/mol. The minimum Gasteiger partial charge on any atom is -0.329 e. The minimum absolute atomic E-state index is 0.0527. The van der Waals surface area contributed by atoms with E-state index >= 15 is 0 Å². The van der Waals surface area contributed by atoms with Crippen molar-refractivity contribution < 1.29 is 8.42 Å². The van der Waals surface area contributed by atoms with Crippen LogP contribution >= 0.6 is 0 Å². The van der Waals surface area contributed by atoms with Crippen LogP contribution in [0, 0.1) is 5.41 Å². The maximum Gasteiger partial charge on any atom is 0.214 e. The molecule has 0 aromatic heterocycles. The Morgan fingerprint density at radius 1 is 1.22 bits per heavy atom. The fraction of sp³-hybridized carbons (Fsp3) is 1.00. The third-order valence-corrected chi connectivity index (χ3v) is 5.46. The quantitative estimate of drug-likeness (QED) is 0.806. The molecule has 5 heteroatoms. The van der Waals surface area contributed by atoms with Gasteiger partial charge >= 0.3 is 0 Å². The van der Waals surface area contributed by atoms with Gasteiger partial charge in [-0.25, -0.2) is 8.42 Å². The fourth-order valence-corrected chi connectivity index (χ4v) is 4.57. The molecule has 0 bridgehead atoms. The summed E-state index contributed by atoms with van der Waals surface area (Å²) in [6.07, 6.45) is 4.97. The third kappa shape index (κ3) is 4.86. The lowest BCUT2D eigenvalue weighted by atomic mass is 9.94. The summed E-state index contributed by atoms with van der Waals surface area (Å²) in [6, 6.07) is 0.193. The zero-order chi connectivity index (χ0) is 13.8. The molecule has 1 aliphatic carbocycles. The highest BCUT2D eigenvalue weighted by Gasteiger charge is 2.31. The van der Waals surface area contributed by atoms with Gasteiger partial charge in [0.2, 0.25) is 10.0 Å². The van der Waals surface area contributed by atoms with E-state index in [1.807, 2.05) is 0 Å². The SMILES string of the molecule is CC(C)(C)CCS(=O)(=O)N(CCN)C1CCCC1. The first-order chi connectivity index (χ1) is 8.26. The number of sulfonamides is 1. The molecule has 18 heavy (non-hydrogen) atoms. The monoisotopic (exact) mass is 276 g/mol. The molecule has 0 aromatic rings. The Morgan fingerprint density at radius 3 is 2.22 bits per heavy atom. The van der Waals surface area contributed by atoms with Crippen molar-refractivity contribution in [3.63, 3.8) is 0 Å². The summed E-state index contributed by atoms with van der Waals surface area (Å²) in [6.45, 7) is 7.10. The van der Waals surface area contributed by atoms with Gasteiger partial charge in [0.1, 0.15) is 0 Å². The van der Waals surface area contributed by atoms with E-state index < -0.39 is 10.0 Å². The van der Waals surface area contributed by atoms with E-state index in [-0.39, 0.29) is 17.2 Å². The fourth-order valence-electron chi connectivity index (χ4n) is 2.42. The zero-order valence-corrected chi connectivity index (χ0v) is 12.8. The van der Waals surface area contributed by atoms with Gasteiger partial charge in [0.25, 0.3) is 0 Å². The van der Waals surface area contributed by atoms with Gasteiger partial charge in [-0.05, 0) is 24.7 Å². The lowest BCUT2D eigenvalue weighted by Gasteiger charge is -2.29. The van der Waals surface area contributed by atoms with Gasteiger partial charge in [-0.3, -0.25) is 0 Å². The van der Waals surface area contributed by atoms with Crippen molar-refractivity contribution in [1.82, 2.24) is 4.31 Å². The third-order valence-electron chi connectivity index (χ3n) is 3.55. The first kappa shape index (κ1) is 15.9. The van der Waals surface area contributed by atoms with E-state index in [1.165, 1.54) is 0 Å². The van der Waals surface area contributed by atoms with E-state index in [2.05, 4.69) is 20.8 Å². The largest absolute Gasteiger partial charge is 0.329 e. The molecule has 0 aromatic carbocycles. The van der Waals surface area contributed by atoms with Crippen LogP contribution in [0.25, 0.3) is 0 Å². The van der Waals surface area contributed by atoms with E-state index in [0.717, 1.165) is 25.7 Å². The second-order valence-corrected chi connectivity index (χ2v) is 8.51. The van der Waals surface area contributed by atoms with Crippen molar-refractivity contribution in [2.75, 3.05) is 18.8 Å². The van der Waals surface area contributed by atoms with E-state index in [0.29, 0.717) is 19.5 Å². The van der Waals surface area contributed by atoms with Crippen LogP contribution in [0.2, 0.25) is 0 Å². The van der Waals surface area contributed by atoms with Crippen LogP contribution in [-0.2, 0) is 10.0 Å². The molecule has 0 radical (unpaired) electrons. The van der Waals surface area contributed by atoms with Crippen molar-refractivity contribution in [2.45, 2.75) is 58.9 Å². The summed E-state index contributed by atoms with van der Waals surface area (Å²) in [4.78, 5) is 0. The molecule has 2 N–H and O–H groups in total. The molecule has 0 amide bonds. The van der Waals surface area contributed by atoms with Crippen LogP contribution < -0.4 is 5.73 Å². The molecule has 1 aliphatic rings. The summed E-state index contributed by atoms with van der Waals surface area (Å²) < 4.78 is 26.5. The van der Waals surface area contributed by atoms with Gasteiger partial charge in [0.15, 0.2) is 0 Å². The van der Waals surface area contributed by atoms with Gasteiger partial charge in [0, 0.05) is 19.1 Å². The standard InChI is InChI=1S/C13H28N2O2S/c1-13(2,3)8-11-18(16,17)15(10-9-14)12-6-4-5-7-12/h12H,4-11,14H2,1-3H3. The Balaban J connectivity index is 2.70. The molecule has 1 fully saturated rings. The molecular formula is C13H28N2O2S. The summed E-state index contributed by atoms with van der Waals surface area (Å²) >= 11 is 0. The molecule has 0 heterocycles. The van der Waals surface area contributed by atoms with Crippen LogP contribution in [-0.4, -0.2) is 37.6 Å². The first-order valence-corrected chi connectivity index (χ1v) is 8.57. The molecule has 108 valence electrons. The second kappa shape index (κ2) is 6.35. The highest BCUT2D eigenvalue weighted by atomic mass is 32.2. The first-order valence-electron chi connectivity index (χ1n) is 6.96. The summed E-state index contributed by atoms with van der Waals surface area (Å²) in [5, 5.41) is 0. The van der Waals surface area contributed by atoms with Crippen molar-refractivity contribution in [3.05, 3.63) is 0 Å². The lowest BCUT2D eigenvalue weighted by Crippen LogP contribution is -2.43. The molecule has 1 rings (SSSR count). The van der Waals surface area contributed by atoms with Gasteiger partial charge in [-0.1, -0.05) is 33.6 Å². The molecule has 0 aliphatic heterocycles. The topological polar surface area (TPSA) is 63.4 Å².